The molecule has 0 unspecified atom stereocenters. The molecule has 0 aliphatic rings. The molecular formula is C13H13N3O4. The first-order valence-corrected chi connectivity index (χ1v) is 5.92. The number of hydrogen-bond acceptors (Lipinski definition) is 5. The molecule has 0 fully saturated rings. The smallest absolute Gasteiger partial charge is 0.270 e. The SMILES string of the molecule is Cc1cc([N+](=O)[O-])cc(C)c1NC(=O)Cc1ccon1. The molecule has 104 valence electrons. The molecule has 0 aliphatic heterocycles. The van der Waals surface area contributed by atoms with Crippen molar-refractivity contribution in [1.29, 1.82) is 0 Å². The molecule has 1 N–H and O–H groups in total. The van der Waals surface area contributed by atoms with Gasteiger partial charge in [0.15, 0.2) is 0 Å². The molecule has 2 rings (SSSR count). The zero-order chi connectivity index (χ0) is 14.7. The predicted octanol–water partition coefficient (Wildman–Crippen LogP) is 2.38. The minimum absolute atomic E-state index is 0.00880. The van der Waals surface area contributed by atoms with Crippen LogP contribution in [0.1, 0.15) is 16.8 Å². The number of anilines is 1. The highest BCUT2D eigenvalue weighted by atomic mass is 16.6. The second kappa shape index (κ2) is 5.52. The molecule has 1 amide bonds. The van der Waals surface area contributed by atoms with Crippen molar-refractivity contribution in [2.45, 2.75) is 20.3 Å². The average Bonchev–Trinajstić information content (AvgIpc) is 2.86. The Morgan fingerprint density at radius 3 is 2.55 bits per heavy atom. The van der Waals surface area contributed by atoms with Gasteiger partial charge in [0.25, 0.3) is 5.69 Å². The summed E-state index contributed by atoms with van der Waals surface area (Å²) < 4.78 is 4.65. The fourth-order valence-electron chi connectivity index (χ4n) is 1.92. The number of amides is 1. The number of nitrogens with zero attached hydrogens (tertiary/aromatic N) is 2. The standard InChI is InChI=1S/C13H13N3O4/c1-8-5-11(16(18)19)6-9(2)13(8)14-12(17)7-10-3-4-20-15-10/h3-6H,7H2,1-2H3,(H,14,17). The summed E-state index contributed by atoms with van der Waals surface area (Å²) in [6.45, 7) is 3.43. The summed E-state index contributed by atoms with van der Waals surface area (Å²) in [7, 11) is 0. The Morgan fingerprint density at radius 2 is 2.05 bits per heavy atom. The van der Waals surface area contributed by atoms with Crippen molar-refractivity contribution >= 4 is 17.3 Å². The van der Waals surface area contributed by atoms with Crippen LogP contribution in [0.4, 0.5) is 11.4 Å². The third-order valence-electron chi connectivity index (χ3n) is 2.83. The van der Waals surface area contributed by atoms with Crippen LogP contribution in [0.15, 0.2) is 29.0 Å². The van der Waals surface area contributed by atoms with Crippen LogP contribution in [0.25, 0.3) is 0 Å². The van der Waals surface area contributed by atoms with Crippen LogP contribution in [0, 0.1) is 24.0 Å². The maximum absolute atomic E-state index is 11.9. The van der Waals surface area contributed by atoms with Gasteiger partial charge >= 0.3 is 0 Å². The van der Waals surface area contributed by atoms with Crippen molar-refractivity contribution in [2.75, 3.05) is 5.32 Å². The zero-order valence-corrected chi connectivity index (χ0v) is 11.0. The van der Waals surface area contributed by atoms with Crippen LogP contribution in [0.5, 0.6) is 0 Å². The fraction of sp³-hybridized carbons (Fsp3) is 0.231. The minimum atomic E-state index is -0.457. The van der Waals surface area contributed by atoms with E-state index in [1.807, 2.05) is 0 Å². The van der Waals surface area contributed by atoms with Gasteiger partial charge in [-0.3, -0.25) is 14.9 Å². The molecular weight excluding hydrogens is 262 g/mol. The molecule has 0 bridgehead atoms. The van der Waals surface area contributed by atoms with Crippen molar-refractivity contribution in [3.05, 3.63) is 51.4 Å². The molecule has 20 heavy (non-hydrogen) atoms. The third-order valence-corrected chi connectivity index (χ3v) is 2.83. The highest BCUT2D eigenvalue weighted by molar-refractivity contribution is 5.93. The maximum Gasteiger partial charge on any atom is 0.270 e. The lowest BCUT2D eigenvalue weighted by Crippen LogP contribution is -2.16. The van der Waals surface area contributed by atoms with Crippen LogP contribution >= 0.6 is 0 Å². The van der Waals surface area contributed by atoms with Gasteiger partial charge in [-0.05, 0) is 25.0 Å². The number of non-ortho nitro benzene ring substituents is 1. The number of carbonyl (C=O) groups is 1. The van der Waals surface area contributed by atoms with Crippen molar-refractivity contribution in [2.24, 2.45) is 0 Å². The van der Waals surface area contributed by atoms with Crippen molar-refractivity contribution in [3.8, 4) is 0 Å². The van der Waals surface area contributed by atoms with Crippen molar-refractivity contribution in [1.82, 2.24) is 5.16 Å². The molecule has 2 aromatic rings. The first kappa shape index (κ1) is 13.7. The first-order chi connectivity index (χ1) is 9.47. The van der Waals surface area contributed by atoms with Gasteiger partial charge in [0.2, 0.25) is 5.91 Å². The van der Waals surface area contributed by atoms with E-state index in [2.05, 4.69) is 15.0 Å². The molecule has 7 heteroatoms. The Labute approximate surface area is 114 Å². The Kier molecular flexibility index (Phi) is 3.79. The summed E-state index contributed by atoms with van der Waals surface area (Å²) in [5.74, 6) is -0.251. The summed E-state index contributed by atoms with van der Waals surface area (Å²) in [6.07, 6.45) is 1.48. The van der Waals surface area contributed by atoms with E-state index in [0.29, 0.717) is 22.5 Å². The lowest BCUT2D eigenvalue weighted by atomic mass is 10.1. The second-order valence-electron chi connectivity index (χ2n) is 4.43. The van der Waals surface area contributed by atoms with Gasteiger partial charge in [-0.15, -0.1) is 0 Å². The van der Waals surface area contributed by atoms with Gasteiger partial charge in [-0.25, -0.2) is 0 Å². The zero-order valence-electron chi connectivity index (χ0n) is 11.0. The van der Waals surface area contributed by atoms with Crippen molar-refractivity contribution in [3.63, 3.8) is 0 Å². The predicted molar refractivity (Wildman–Crippen MR) is 71.4 cm³/mol. The highest BCUT2D eigenvalue weighted by Gasteiger charge is 2.14. The molecule has 0 radical (unpaired) electrons. The molecule has 0 saturated carbocycles. The molecule has 1 heterocycles. The number of nitro benzene ring substituents is 1. The summed E-state index contributed by atoms with van der Waals surface area (Å²) in [4.78, 5) is 22.2. The molecule has 0 saturated heterocycles. The Morgan fingerprint density at radius 1 is 1.40 bits per heavy atom. The van der Waals surface area contributed by atoms with Gasteiger partial charge in [-0.1, -0.05) is 5.16 Å². The van der Waals surface area contributed by atoms with Gasteiger partial charge in [0.1, 0.15) is 6.26 Å². The lowest BCUT2D eigenvalue weighted by molar-refractivity contribution is -0.384. The number of benzene rings is 1. The van der Waals surface area contributed by atoms with E-state index >= 15 is 0 Å². The van der Waals surface area contributed by atoms with Gasteiger partial charge in [-0.2, -0.15) is 0 Å². The Balaban J connectivity index is 2.17. The summed E-state index contributed by atoms with van der Waals surface area (Å²) in [5, 5.41) is 17.1. The third kappa shape index (κ3) is 3.00. The lowest BCUT2D eigenvalue weighted by Gasteiger charge is -2.11. The van der Waals surface area contributed by atoms with E-state index in [1.165, 1.54) is 18.4 Å². The largest absolute Gasteiger partial charge is 0.364 e. The van der Waals surface area contributed by atoms with E-state index < -0.39 is 4.92 Å². The van der Waals surface area contributed by atoms with Crippen LogP contribution in [0.3, 0.4) is 0 Å². The molecule has 1 aromatic heterocycles. The Bertz CT molecular complexity index is 627. The van der Waals surface area contributed by atoms with E-state index in [-0.39, 0.29) is 18.0 Å². The summed E-state index contributed by atoms with van der Waals surface area (Å²) in [5.41, 5.74) is 2.41. The van der Waals surface area contributed by atoms with Crippen LogP contribution in [-0.4, -0.2) is 16.0 Å². The number of aryl methyl sites for hydroxylation is 2. The van der Waals surface area contributed by atoms with Crippen LogP contribution in [0.2, 0.25) is 0 Å². The number of nitrogens with one attached hydrogen (secondary N) is 1. The quantitative estimate of drug-likeness (QED) is 0.682. The summed E-state index contributed by atoms with van der Waals surface area (Å²) >= 11 is 0. The van der Waals surface area contributed by atoms with Crippen molar-refractivity contribution < 1.29 is 14.2 Å². The number of aromatic nitrogens is 1. The molecule has 0 aliphatic carbocycles. The van der Waals surface area contributed by atoms with E-state index in [0.717, 1.165) is 0 Å². The van der Waals surface area contributed by atoms with E-state index in [1.54, 1.807) is 19.9 Å². The van der Waals surface area contributed by atoms with E-state index in [4.69, 9.17) is 0 Å². The second-order valence-corrected chi connectivity index (χ2v) is 4.43. The molecule has 0 spiro atoms. The number of hydrogen-bond donors (Lipinski definition) is 1. The maximum atomic E-state index is 11.9. The number of carbonyl (C=O) groups excluding carboxylic acids is 1. The van der Waals surface area contributed by atoms with Gasteiger partial charge in [0.05, 0.1) is 17.0 Å². The fourth-order valence-corrected chi connectivity index (χ4v) is 1.92. The van der Waals surface area contributed by atoms with Gasteiger partial charge < -0.3 is 9.84 Å². The monoisotopic (exact) mass is 275 g/mol. The summed E-state index contributed by atoms with van der Waals surface area (Å²) in [6, 6.07) is 4.46. The van der Waals surface area contributed by atoms with Crippen LogP contribution < -0.4 is 5.32 Å². The molecule has 1 aromatic carbocycles. The first-order valence-electron chi connectivity index (χ1n) is 5.92. The Hall–Kier alpha value is -2.70. The van der Waals surface area contributed by atoms with Gasteiger partial charge in [0, 0.05) is 23.9 Å². The average molecular weight is 275 g/mol. The topological polar surface area (TPSA) is 98.3 Å². The van der Waals surface area contributed by atoms with E-state index in [9.17, 15) is 14.9 Å². The number of rotatable bonds is 4. The molecule has 7 nitrogen and oxygen atoms in total. The molecule has 0 atom stereocenters. The number of nitro groups is 1. The normalized spacial score (nSPS) is 10.3. The highest BCUT2D eigenvalue weighted by Crippen LogP contribution is 2.26. The van der Waals surface area contributed by atoms with Crippen LogP contribution in [-0.2, 0) is 11.2 Å². The minimum Gasteiger partial charge on any atom is -0.364 e.